The number of hydrogen-bond acceptors (Lipinski definition) is 4. The smallest absolute Gasteiger partial charge is 0.410 e. The highest BCUT2D eigenvalue weighted by molar-refractivity contribution is 6.31. The Morgan fingerprint density at radius 2 is 2.00 bits per heavy atom. The third kappa shape index (κ3) is 4.79. The predicted molar refractivity (Wildman–Crippen MR) is 129 cm³/mol. The molecule has 0 saturated carbocycles. The molecule has 0 bridgehead atoms. The van der Waals surface area contributed by atoms with Gasteiger partial charge in [-0.3, -0.25) is 0 Å². The number of aromatic nitrogens is 1. The fraction of sp³-hybridized carbons (Fsp3) is 0.423. The van der Waals surface area contributed by atoms with E-state index in [4.69, 9.17) is 21.3 Å². The Labute approximate surface area is 194 Å². The summed E-state index contributed by atoms with van der Waals surface area (Å²) in [6, 6.07) is 12.1. The van der Waals surface area contributed by atoms with Gasteiger partial charge in [0.25, 0.3) is 0 Å². The average molecular weight is 454 g/mol. The lowest BCUT2D eigenvalue weighted by Crippen LogP contribution is -2.41. The van der Waals surface area contributed by atoms with Crippen LogP contribution in [0, 0.1) is 0 Å². The highest BCUT2D eigenvalue weighted by atomic mass is 35.5. The third-order valence-electron chi connectivity index (χ3n) is 5.98. The van der Waals surface area contributed by atoms with E-state index in [1.54, 1.807) is 4.90 Å². The summed E-state index contributed by atoms with van der Waals surface area (Å²) >= 11 is 6.34. The number of carbonyl (C=O) groups is 1. The van der Waals surface area contributed by atoms with E-state index in [1.807, 2.05) is 45.2 Å². The number of pyridine rings is 1. The zero-order chi connectivity index (χ0) is 22.9. The van der Waals surface area contributed by atoms with E-state index in [0.717, 1.165) is 40.1 Å². The summed E-state index contributed by atoms with van der Waals surface area (Å²) < 4.78 is 5.57. The fourth-order valence-electron chi connectivity index (χ4n) is 4.59. The molecule has 4 rings (SSSR count). The van der Waals surface area contributed by atoms with Crippen LogP contribution in [-0.2, 0) is 11.2 Å². The molecule has 1 saturated heterocycles. The summed E-state index contributed by atoms with van der Waals surface area (Å²) in [5.41, 5.74) is 2.71. The van der Waals surface area contributed by atoms with Gasteiger partial charge in [-0.05, 0) is 57.3 Å². The van der Waals surface area contributed by atoms with Crippen LogP contribution >= 0.6 is 11.6 Å². The van der Waals surface area contributed by atoms with Gasteiger partial charge in [0.2, 0.25) is 0 Å². The summed E-state index contributed by atoms with van der Waals surface area (Å²) in [5.74, 6) is 0.254. The van der Waals surface area contributed by atoms with E-state index in [1.165, 1.54) is 5.56 Å². The zero-order valence-electron chi connectivity index (χ0n) is 18.9. The molecule has 0 spiro atoms. The van der Waals surface area contributed by atoms with Crippen LogP contribution in [0.5, 0.6) is 0 Å². The Bertz CT molecular complexity index is 1160. The van der Waals surface area contributed by atoms with Crippen molar-refractivity contribution in [1.82, 2.24) is 9.88 Å². The number of benzene rings is 1. The molecule has 1 N–H and O–H groups in total. The van der Waals surface area contributed by atoms with Crippen molar-refractivity contribution < 1.29 is 14.6 Å². The van der Waals surface area contributed by atoms with Gasteiger partial charge in [0.1, 0.15) is 16.1 Å². The van der Waals surface area contributed by atoms with Crippen molar-refractivity contribution in [2.45, 2.75) is 51.6 Å². The van der Waals surface area contributed by atoms with Gasteiger partial charge < -0.3 is 14.7 Å². The van der Waals surface area contributed by atoms with Gasteiger partial charge in [0, 0.05) is 66.8 Å². The minimum atomic E-state index is -0.500. The van der Waals surface area contributed by atoms with Gasteiger partial charge in [-0.15, -0.1) is 0 Å². The van der Waals surface area contributed by atoms with Crippen molar-refractivity contribution in [3.8, 4) is 0 Å². The van der Waals surface area contributed by atoms with Gasteiger partial charge in [0.15, 0.2) is 0 Å². The number of piperidine rings is 1. The monoisotopic (exact) mass is 453 g/mol. The van der Waals surface area contributed by atoms with Gasteiger partial charge >= 0.3 is 6.09 Å². The Balaban J connectivity index is 1.79. The molecule has 6 heteroatoms. The van der Waals surface area contributed by atoms with Gasteiger partial charge in [-0.1, -0.05) is 0 Å². The molecule has 0 radical (unpaired) electrons. The second-order valence-electron chi connectivity index (χ2n) is 9.43. The van der Waals surface area contributed by atoms with Crippen LogP contribution in [0.4, 0.5) is 4.79 Å². The van der Waals surface area contributed by atoms with Gasteiger partial charge in [-0.2, -0.15) is 0 Å². The number of hydrogen-bond donors (Lipinski definition) is 1. The first-order chi connectivity index (χ1) is 15.3. The molecule has 1 aliphatic rings. The van der Waals surface area contributed by atoms with E-state index >= 15 is 0 Å². The van der Waals surface area contributed by atoms with Gasteiger partial charge in [-0.25, -0.2) is 9.78 Å². The van der Waals surface area contributed by atoms with Crippen LogP contribution in [0.15, 0.2) is 42.6 Å². The Hall–Kier alpha value is -2.50. The predicted octanol–water partition coefficient (Wildman–Crippen LogP) is 5.97. The fourth-order valence-corrected chi connectivity index (χ4v) is 4.77. The minimum absolute atomic E-state index is 0.0691. The molecule has 32 heavy (non-hydrogen) atoms. The molecule has 1 fully saturated rings. The molecule has 168 valence electrons. The lowest BCUT2D eigenvalue weighted by Gasteiger charge is -2.33. The number of carbonyl (C=O) groups excluding carboxylic acids is 1. The average Bonchev–Trinajstić information content (AvgIpc) is 2.87. The van der Waals surface area contributed by atoms with Crippen LogP contribution in [0.1, 0.15) is 50.7 Å². The van der Waals surface area contributed by atoms with Crippen molar-refractivity contribution in [2.24, 2.45) is 0 Å². The van der Waals surface area contributed by atoms with E-state index in [-0.39, 0.29) is 18.6 Å². The van der Waals surface area contributed by atoms with Crippen LogP contribution in [-0.4, -0.2) is 46.4 Å². The second kappa shape index (κ2) is 9.16. The zero-order valence-corrected chi connectivity index (χ0v) is 19.7. The first kappa shape index (κ1) is 22.7. The lowest BCUT2D eigenvalue weighted by molar-refractivity contribution is 0.0205. The summed E-state index contributed by atoms with van der Waals surface area (Å²) in [6.07, 6.45) is 3.80. The van der Waals surface area contributed by atoms with Crippen molar-refractivity contribution >= 4 is 39.4 Å². The van der Waals surface area contributed by atoms with Crippen molar-refractivity contribution in [2.75, 3.05) is 19.7 Å². The number of rotatable bonds is 3. The number of amides is 1. The molecule has 0 unspecified atom stereocenters. The molecule has 1 aromatic heterocycles. The number of likely N-dealkylation sites (tertiary alicyclic amines) is 1. The third-order valence-corrected chi connectivity index (χ3v) is 6.21. The summed E-state index contributed by atoms with van der Waals surface area (Å²) in [6.45, 7) is 7.03. The van der Waals surface area contributed by atoms with E-state index in [9.17, 15) is 9.90 Å². The summed E-state index contributed by atoms with van der Waals surface area (Å²) in [5, 5.41) is 13.6. The second-order valence-corrected chi connectivity index (χ2v) is 9.87. The summed E-state index contributed by atoms with van der Waals surface area (Å²) in [4.78, 5) is 19.1. The molecule has 0 atom stereocenters. The molecule has 0 aliphatic carbocycles. The van der Waals surface area contributed by atoms with Crippen LogP contribution in [0.25, 0.3) is 21.7 Å². The standard InChI is InChI=1S/C26H30ClN2O3/c1-26(2,3)32-25(31)29-12-8-17(9-13-29)23-21-7-6-20(27)16-19(21)15-18(10-14-30)22-5-4-11-28-24(22)23/h4-7,11,15-17,30H,8-10,12-14H2,1-3H3/q+1. The number of halogens is 1. The van der Waals surface area contributed by atoms with Crippen molar-refractivity contribution in [3.05, 3.63) is 58.7 Å². The number of nitrogens with zero attached hydrogens (tertiary/aromatic N) is 2. The Morgan fingerprint density at radius 3 is 2.69 bits per heavy atom. The lowest BCUT2D eigenvalue weighted by atomic mass is 9.86. The van der Waals surface area contributed by atoms with E-state index < -0.39 is 5.60 Å². The highest BCUT2D eigenvalue weighted by Crippen LogP contribution is 2.38. The Kier molecular flexibility index (Phi) is 6.50. The topological polar surface area (TPSA) is 62.7 Å². The molecule has 2 heterocycles. The molecular weight excluding hydrogens is 424 g/mol. The first-order valence-corrected chi connectivity index (χ1v) is 11.6. The van der Waals surface area contributed by atoms with Crippen molar-refractivity contribution in [3.63, 3.8) is 0 Å². The maximum Gasteiger partial charge on any atom is 0.410 e. The van der Waals surface area contributed by atoms with E-state index in [0.29, 0.717) is 24.5 Å². The SMILES string of the molecule is CC(C)(C)OC(=O)N1CCC(c2c3ncccc3c(CCO)c[c+]3cc(Cl)ccc23)CC1. The quantitative estimate of drug-likeness (QED) is 0.496. The summed E-state index contributed by atoms with van der Waals surface area (Å²) in [7, 11) is 0. The highest BCUT2D eigenvalue weighted by Gasteiger charge is 2.31. The number of aliphatic hydroxyl groups is 1. The molecule has 1 amide bonds. The Morgan fingerprint density at radius 1 is 1.25 bits per heavy atom. The number of aliphatic hydroxyl groups excluding tert-OH is 1. The van der Waals surface area contributed by atoms with Crippen molar-refractivity contribution in [1.29, 1.82) is 0 Å². The largest absolute Gasteiger partial charge is 0.444 e. The molecule has 2 aromatic carbocycles. The minimum Gasteiger partial charge on any atom is -0.444 e. The molecule has 1 aliphatic heterocycles. The normalized spacial score (nSPS) is 15.3. The maximum absolute atomic E-state index is 12.5. The van der Waals surface area contributed by atoms with Crippen LogP contribution in [0.2, 0.25) is 5.02 Å². The maximum atomic E-state index is 12.5. The van der Waals surface area contributed by atoms with Gasteiger partial charge in [0.05, 0.1) is 22.9 Å². The van der Waals surface area contributed by atoms with E-state index in [2.05, 4.69) is 18.2 Å². The number of fused-ring (bicyclic) bond motifs is 2. The molecule has 5 nitrogen and oxygen atoms in total. The van der Waals surface area contributed by atoms with Crippen LogP contribution in [0.3, 0.4) is 0 Å². The molecular formula is C26H30ClN2O3+. The number of ether oxygens (including phenoxy) is 1. The van der Waals surface area contributed by atoms with Crippen LogP contribution < -0.4 is 0 Å². The first-order valence-electron chi connectivity index (χ1n) is 11.2. The molecule has 3 aromatic rings.